The monoisotopic (exact) mass is 363 g/mol. The summed E-state index contributed by atoms with van der Waals surface area (Å²) < 4.78 is 45.9. The Morgan fingerprint density at radius 2 is 2.10 bits per heavy atom. The van der Waals surface area contributed by atoms with Gasteiger partial charge in [-0.15, -0.1) is 13.2 Å². The Kier molecular flexibility index (Phi) is 4.95. The van der Waals surface area contributed by atoms with Gasteiger partial charge in [-0.05, 0) is 52.7 Å². The van der Waals surface area contributed by atoms with Crippen LogP contribution in [0, 0.1) is 0 Å². The molecule has 1 N–H and O–H groups in total. The molecule has 114 valence electrons. The van der Waals surface area contributed by atoms with Gasteiger partial charge in [-0.3, -0.25) is 0 Å². The fourth-order valence-electron chi connectivity index (χ4n) is 1.77. The maximum atomic E-state index is 12.2. The molecule has 0 unspecified atom stereocenters. The number of alkyl halides is 3. The van der Waals surface area contributed by atoms with Crippen molar-refractivity contribution in [2.45, 2.75) is 25.9 Å². The zero-order valence-electron chi connectivity index (χ0n) is 11.1. The van der Waals surface area contributed by atoms with E-state index in [9.17, 15) is 13.2 Å². The number of halogens is 4. The van der Waals surface area contributed by atoms with E-state index in [1.807, 2.05) is 13.0 Å². The van der Waals surface area contributed by atoms with Gasteiger partial charge in [-0.25, -0.2) is 0 Å². The molecule has 1 heterocycles. The lowest BCUT2D eigenvalue weighted by Gasteiger charge is -2.14. The Morgan fingerprint density at radius 1 is 1.33 bits per heavy atom. The third-order valence-corrected chi connectivity index (χ3v) is 3.42. The summed E-state index contributed by atoms with van der Waals surface area (Å²) >= 11 is 3.07. The van der Waals surface area contributed by atoms with Gasteiger partial charge in [0, 0.05) is 6.54 Å². The van der Waals surface area contributed by atoms with Crippen molar-refractivity contribution < 1.29 is 22.3 Å². The van der Waals surface area contributed by atoms with Crippen LogP contribution < -0.4 is 10.1 Å². The fourth-order valence-corrected chi connectivity index (χ4v) is 2.28. The molecule has 0 fully saturated rings. The second-order valence-electron chi connectivity index (χ2n) is 4.43. The van der Waals surface area contributed by atoms with E-state index in [2.05, 4.69) is 26.0 Å². The second-order valence-corrected chi connectivity index (χ2v) is 5.28. The highest BCUT2D eigenvalue weighted by atomic mass is 79.9. The van der Waals surface area contributed by atoms with Crippen LogP contribution >= 0.6 is 15.9 Å². The van der Waals surface area contributed by atoms with E-state index in [1.165, 1.54) is 6.07 Å². The fraction of sp³-hybridized carbons (Fsp3) is 0.286. The molecule has 0 aliphatic heterocycles. The predicted molar refractivity (Wildman–Crippen MR) is 74.8 cm³/mol. The van der Waals surface area contributed by atoms with Crippen molar-refractivity contribution in [1.29, 1.82) is 0 Å². The molecule has 0 saturated carbocycles. The summed E-state index contributed by atoms with van der Waals surface area (Å²) in [4.78, 5) is 0. The molecule has 0 amide bonds. The van der Waals surface area contributed by atoms with E-state index >= 15 is 0 Å². The maximum Gasteiger partial charge on any atom is 0.573 e. The molecule has 0 saturated heterocycles. The SMILES string of the molecule is C[C@@H](NCc1ccc(OC(F)(F)F)c(Br)c1)c1ccco1. The van der Waals surface area contributed by atoms with Crippen LogP contribution in [0.15, 0.2) is 45.5 Å². The molecule has 0 spiro atoms. The van der Waals surface area contributed by atoms with E-state index in [0.717, 1.165) is 11.3 Å². The summed E-state index contributed by atoms with van der Waals surface area (Å²) in [6.45, 7) is 2.43. The number of benzene rings is 1. The molecule has 0 aliphatic rings. The van der Waals surface area contributed by atoms with Crippen LogP contribution in [0.4, 0.5) is 13.2 Å². The Labute approximate surface area is 128 Å². The summed E-state index contributed by atoms with van der Waals surface area (Å²) in [5, 5.41) is 3.22. The van der Waals surface area contributed by atoms with Gasteiger partial charge in [0.2, 0.25) is 0 Å². The summed E-state index contributed by atoms with van der Waals surface area (Å²) in [6.07, 6.45) is -3.11. The molecule has 2 rings (SSSR count). The summed E-state index contributed by atoms with van der Waals surface area (Å²) in [5.74, 6) is 0.538. The van der Waals surface area contributed by atoms with Crippen molar-refractivity contribution in [3.63, 3.8) is 0 Å². The first-order valence-electron chi connectivity index (χ1n) is 6.16. The quantitative estimate of drug-likeness (QED) is 0.828. The third-order valence-electron chi connectivity index (χ3n) is 2.80. The number of hydrogen-bond donors (Lipinski definition) is 1. The van der Waals surface area contributed by atoms with Crippen molar-refractivity contribution in [2.24, 2.45) is 0 Å². The van der Waals surface area contributed by atoms with E-state index in [0.29, 0.717) is 6.54 Å². The highest BCUT2D eigenvalue weighted by Crippen LogP contribution is 2.31. The number of nitrogens with one attached hydrogen (secondary N) is 1. The molecule has 1 aromatic heterocycles. The van der Waals surface area contributed by atoms with Gasteiger partial charge in [0.25, 0.3) is 0 Å². The lowest BCUT2D eigenvalue weighted by Crippen LogP contribution is -2.18. The largest absolute Gasteiger partial charge is 0.573 e. The lowest BCUT2D eigenvalue weighted by molar-refractivity contribution is -0.274. The Bertz CT molecular complexity index is 584. The van der Waals surface area contributed by atoms with E-state index < -0.39 is 6.36 Å². The van der Waals surface area contributed by atoms with Gasteiger partial charge in [-0.1, -0.05) is 6.07 Å². The Balaban J connectivity index is 1.97. The number of furan rings is 1. The zero-order chi connectivity index (χ0) is 15.5. The van der Waals surface area contributed by atoms with Crippen LogP contribution in [0.3, 0.4) is 0 Å². The number of ether oxygens (including phenoxy) is 1. The molecule has 0 bridgehead atoms. The van der Waals surface area contributed by atoms with Crippen LogP contribution in [0.25, 0.3) is 0 Å². The first kappa shape index (κ1) is 15.9. The lowest BCUT2D eigenvalue weighted by atomic mass is 10.2. The van der Waals surface area contributed by atoms with Crippen molar-refractivity contribution in [2.75, 3.05) is 0 Å². The third kappa shape index (κ3) is 4.78. The smallest absolute Gasteiger partial charge is 0.468 e. The normalized spacial score (nSPS) is 13.2. The molecular formula is C14H13BrF3NO2. The highest BCUT2D eigenvalue weighted by molar-refractivity contribution is 9.10. The Hall–Kier alpha value is -1.47. The summed E-state index contributed by atoms with van der Waals surface area (Å²) in [6, 6.07) is 8.11. The van der Waals surface area contributed by atoms with Crippen LogP contribution in [0.2, 0.25) is 0 Å². The minimum atomic E-state index is -4.70. The van der Waals surface area contributed by atoms with Crippen LogP contribution in [0.5, 0.6) is 5.75 Å². The summed E-state index contributed by atoms with van der Waals surface area (Å²) in [7, 11) is 0. The van der Waals surface area contributed by atoms with Gasteiger partial charge in [0.1, 0.15) is 11.5 Å². The molecule has 1 aromatic carbocycles. The molecule has 21 heavy (non-hydrogen) atoms. The van der Waals surface area contributed by atoms with Crippen molar-refractivity contribution in [3.05, 3.63) is 52.4 Å². The first-order valence-corrected chi connectivity index (χ1v) is 6.95. The molecule has 2 aromatic rings. The van der Waals surface area contributed by atoms with Crippen LogP contribution in [0.1, 0.15) is 24.3 Å². The zero-order valence-corrected chi connectivity index (χ0v) is 12.7. The minimum Gasteiger partial charge on any atom is -0.468 e. The predicted octanol–water partition coefficient (Wildman–Crippen LogP) is 4.79. The highest BCUT2D eigenvalue weighted by Gasteiger charge is 2.31. The van der Waals surface area contributed by atoms with Crippen molar-refractivity contribution in [1.82, 2.24) is 5.32 Å². The Morgan fingerprint density at radius 3 is 2.67 bits per heavy atom. The van der Waals surface area contributed by atoms with Gasteiger partial charge < -0.3 is 14.5 Å². The van der Waals surface area contributed by atoms with E-state index in [-0.39, 0.29) is 16.3 Å². The van der Waals surface area contributed by atoms with Gasteiger partial charge in [0.05, 0.1) is 16.8 Å². The van der Waals surface area contributed by atoms with E-state index in [1.54, 1.807) is 24.5 Å². The maximum absolute atomic E-state index is 12.2. The standard InChI is InChI=1S/C14H13BrF3NO2/c1-9(12-3-2-6-20-12)19-8-10-4-5-13(11(15)7-10)21-14(16,17)18/h2-7,9,19H,8H2,1H3/t9-/m1/s1. The van der Waals surface area contributed by atoms with Crippen molar-refractivity contribution >= 4 is 15.9 Å². The average Bonchev–Trinajstić information content (AvgIpc) is 2.91. The average molecular weight is 364 g/mol. The van der Waals surface area contributed by atoms with E-state index in [4.69, 9.17) is 4.42 Å². The molecule has 0 aliphatic carbocycles. The molecular weight excluding hydrogens is 351 g/mol. The first-order chi connectivity index (χ1) is 9.85. The van der Waals surface area contributed by atoms with Crippen LogP contribution in [-0.4, -0.2) is 6.36 Å². The van der Waals surface area contributed by atoms with Gasteiger partial charge >= 0.3 is 6.36 Å². The van der Waals surface area contributed by atoms with Gasteiger partial charge in [0.15, 0.2) is 0 Å². The van der Waals surface area contributed by atoms with Crippen LogP contribution in [-0.2, 0) is 6.54 Å². The molecule has 3 nitrogen and oxygen atoms in total. The number of hydrogen-bond acceptors (Lipinski definition) is 3. The molecule has 1 atom stereocenters. The molecule has 0 radical (unpaired) electrons. The number of rotatable bonds is 5. The minimum absolute atomic E-state index is 0.00452. The van der Waals surface area contributed by atoms with Gasteiger partial charge in [-0.2, -0.15) is 0 Å². The topological polar surface area (TPSA) is 34.4 Å². The summed E-state index contributed by atoms with van der Waals surface area (Å²) in [5.41, 5.74) is 0.829. The second kappa shape index (κ2) is 6.53. The van der Waals surface area contributed by atoms with Crippen molar-refractivity contribution in [3.8, 4) is 5.75 Å². The molecule has 7 heteroatoms.